The quantitative estimate of drug-likeness (QED) is 0.373. The number of aromatic amines is 2. The molecule has 5 rings (SSSR count). The van der Waals surface area contributed by atoms with E-state index in [1.165, 1.54) is 18.2 Å². The van der Waals surface area contributed by atoms with Gasteiger partial charge in [0.1, 0.15) is 11.5 Å². The maximum absolute atomic E-state index is 14.4. The van der Waals surface area contributed by atoms with E-state index in [1.807, 2.05) is 6.07 Å². The zero-order valence-corrected chi connectivity index (χ0v) is 16.5. The Morgan fingerprint density at radius 3 is 2.72 bits per heavy atom. The fourth-order valence-corrected chi connectivity index (χ4v) is 3.93. The van der Waals surface area contributed by atoms with Crippen LogP contribution < -0.4 is 10.9 Å². The molecule has 0 atom stereocenters. The van der Waals surface area contributed by atoms with Gasteiger partial charge >= 0.3 is 0 Å². The normalized spacial score (nSPS) is 13.8. The maximum atomic E-state index is 14.4. The molecule has 1 aromatic carbocycles. The van der Waals surface area contributed by atoms with E-state index in [9.17, 15) is 9.18 Å². The molecule has 0 saturated heterocycles. The molecule has 0 aliphatic heterocycles. The number of nitrogens with one attached hydrogen (secondary N) is 3. The SMILES string of the molecule is O=c1[nH]c(C2CC2)c(Nc2ccnc3[nH]cc(Cl)c23)cc1-c1cc(Cl)ccc1F. The van der Waals surface area contributed by atoms with Crippen LogP contribution in [0, 0.1) is 5.82 Å². The monoisotopic (exact) mass is 428 g/mol. The number of halogens is 3. The number of anilines is 2. The molecular weight excluding hydrogens is 414 g/mol. The first-order valence-electron chi connectivity index (χ1n) is 9.12. The lowest BCUT2D eigenvalue weighted by atomic mass is 10.0. The van der Waals surface area contributed by atoms with Crippen molar-refractivity contribution >= 4 is 45.6 Å². The van der Waals surface area contributed by atoms with Gasteiger partial charge in [-0.2, -0.15) is 0 Å². The van der Waals surface area contributed by atoms with Crippen LogP contribution in [0.4, 0.5) is 15.8 Å². The molecule has 5 nitrogen and oxygen atoms in total. The van der Waals surface area contributed by atoms with Crippen molar-refractivity contribution in [1.82, 2.24) is 15.0 Å². The summed E-state index contributed by atoms with van der Waals surface area (Å²) in [5.74, 6) is -0.243. The summed E-state index contributed by atoms with van der Waals surface area (Å²) in [4.78, 5) is 23.0. The predicted octanol–water partition coefficient (Wildman–Crippen LogP) is 5.99. The van der Waals surface area contributed by atoms with Crippen molar-refractivity contribution in [3.63, 3.8) is 0 Å². The number of nitrogens with zero attached hydrogens (tertiary/aromatic N) is 1. The van der Waals surface area contributed by atoms with E-state index < -0.39 is 5.82 Å². The third-order valence-corrected chi connectivity index (χ3v) is 5.60. The highest BCUT2D eigenvalue weighted by molar-refractivity contribution is 6.36. The molecule has 3 aromatic heterocycles. The number of hydrogen-bond donors (Lipinski definition) is 3. The number of rotatable bonds is 4. The lowest BCUT2D eigenvalue weighted by molar-refractivity contribution is 0.631. The van der Waals surface area contributed by atoms with Gasteiger partial charge < -0.3 is 15.3 Å². The van der Waals surface area contributed by atoms with Gasteiger partial charge in [0.05, 0.1) is 27.3 Å². The van der Waals surface area contributed by atoms with Gasteiger partial charge in [-0.25, -0.2) is 9.37 Å². The average molecular weight is 429 g/mol. The Hall–Kier alpha value is -2.83. The van der Waals surface area contributed by atoms with Crippen LogP contribution in [0.2, 0.25) is 10.0 Å². The third-order valence-electron chi connectivity index (χ3n) is 5.07. The van der Waals surface area contributed by atoms with Crippen molar-refractivity contribution < 1.29 is 4.39 Å². The van der Waals surface area contributed by atoms with Crippen molar-refractivity contribution in [3.8, 4) is 11.1 Å². The fourth-order valence-electron chi connectivity index (χ4n) is 3.51. The highest BCUT2D eigenvalue weighted by Gasteiger charge is 2.28. The summed E-state index contributed by atoms with van der Waals surface area (Å²) in [5.41, 5.74) is 2.92. The van der Waals surface area contributed by atoms with E-state index >= 15 is 0 Å². The van der Waals surface area contributed by atoms with Crippen molar-refractivity contribution in [2.24, 2.45) is 0 Å². The van der Waals surface area contributed by atoms with Gasteiger partial charge in [-0.1, -0.05) is 23.2 Å². The highest BCUT2D eigenvalue weighted by Crippen LogP contribution is 2.44. The highest BCUT2D eigenvalue weighted by atomic mass is 35.5. The summed E-state index contributed by atoms with van der Waals surface area (Å²) in [6.45, 7) is 0. The van der Waals surface area contributed by atoms with Crippen LogP contribution in [0.25, 0.3) is 22.2 Å². The van der Waals surface area contributed by atoms with Crippen molar-refractivity contribution in [2.45, 2.75) is 18.8 Å². The zero-order chi connectivity index (χ0) is 20.1. The van der Waals surface area contributed by atoms with Crippen molar-refractivity contribution in [2.75, 3.05) is 5.32 Å². The average Bonchev–Trinajstić information content (AvgIpc) is 3.48. The molecule has 29 heavy (non-hydrogen) atoms. The zero-order valence-electron chi connectivity index (χ0n) is 15.0. The molecule has 8 heteroatoms. The Morgan fingerprint density at radius 1 is 1.10 bits per heavy atom. The Balaban J connectivity index is 1.68. The number of benzene rings is 1. The fraction of sp³-hybridized carbons (Fsp3) is 0.143. The summed E-state index contributed by atoms with van der Waals surface area (Å²) >= 11 is 12.3. The molecule has 4 aromatic rings. The number of fused-ring (bicyclic) bond motifs is 1. The minimum Gasteiger partial charge on any atom is -0.353 e. The lowest BCUT2D eigenvalue weighted by Crippen LogP contribution is -2.14. The minimum atomic E-state index is -0.509. The second-order valence-electron chi connectivity index (χ2n) is 7.08. The smallest absolute Gasteiger partial charge is 0.256 e. The van der Waals surface area contributed by atoms with E-state index in [4.69, 9.17) is 23.2 Å². The molecule has 0 unspecified atom stereocenters. The first-order valence-corrected chi connectivity index (χ1v) is 9.88. The first kappa shape index (κ1) is 18.2. The van der Waals surface area contributed by atoms with E-state index in [0.717, 1.165) is 29.6 Å². The van der Waals surface area contributed by atoms with Gasteiger partial charge in [-0.15, -0.1) is 0 Å². The van der Waals surface area contributed by atoms with E-state index in [1.54, 1.807) is 18.5 Å². The van der Waals surface area contributed by atoms with Crippen LogP contribution in [-0.2, 0) is 0 Å². The molecule has 0 bridgehead atoms. The summed E-state index contributed by atoms with van der Waals surface area (Å²) < 4.78 is 14.4. The molecule has 3 N–H and O–H groups in total. The largest absolute Gasteiger partial charge is 0.353 e. The Bertz CT molecular complexity index is 1310. The molecule has 1 aliphatic rings. The van der Waals surface area contributed by atoms with Crippen LogP contribution in [0.5, 0.6) is 0 Å². The molecular formula is C21H15Cl2FN4O. The second kappa shape index (κ2) is 6.90. The lowest BCUT2D eigenvalue weighted by Gasteiger charge is -2.15. The van der Waals surface area contributed by atoms with Gasteiger partial charge in [0, 0.05) is 34.6 Å². The third kappa shape index (κ3) is 3.28. The van der Waals surface area contributed by atoms with E-state index in [-0.39, 0.29) is 22.6 Å². The van der Waals surface area contributed by atoms with E-state index in [2.05, 4.69) is 20.3 Å². The summed E-state index contributed by atoms with van der Waals surface area (Å²) in [6, 6.07) is 7.64. The number of hydrogen-bond acceptors (Lipinski definition) is 3. The van der Waals surface area contributed by atoms with Crippen molar-refractivity contribution in [1.29, 1.82) is 0 Å². The Kier molecular flexibility index (Phi) is 4.33. The second-order valence-corrected chi connectivity index (χ2v) is 7.93. The predicted molar refractivity (Wildman–Crippen MR) is 114 cm³/mol. The number of aromatic nitrogens is 3. The molecule has 146 valence electrons. The molecule has 0 spiro atoms. The Labute approximate surface area is 174 Å². The summed E-state index contributed by atoms with van der Waals surface area (Å²) in [7, 11) is 0. The van der Waals surface area contributed by atoms with Crippen LogP contribution in [-0.4, -0.2) is 15.0 Å². The molecule has 3 heterocycles. The Morgan fingerprint density at radius 2 is 1.93 bits per heavy atom. The molecule has 0 amide bonds. The number of pyridine rings is 2. The summed E-state index contributed by atoms with van der Waals surface area (Å²) in [5, 5.41) is 5.01. The van der Waals surface area contributed by atoms with Gasteiger partial charge in [0.2, 0.25) is 0 Å². The number of H-pyrrole nitrogens is 2. The van der Waals surface area contributed by atoms with Gasteiger partial charge in [-0.05, 0) is 43.2 Å². The van der Waals surface area contributed by atoms with Gasteiger partial charge in [-0.3, -0.25) is 4.79 Å². The van der Waals surface area contributed by atoms with Gasteiger partial charge in [0.25, 0.3) is 5.56 Å². The molecule has 1 saturated carbocycles. The van der Waals surface area contributed by atoms with Gasteiger partial charge in [0.15, 0.2) is 0 Å². The standard InChI is InChI=1S/C21H15Cl2FN4O/c22-11-3-4-15(24)12(7-11)13-8-17(19(10-1-2-10)28-21(13)29)27-16-5-6-25-20-18(16)14(23)9-26-20/h3-10H,1-2H2,(H,28,29)(H2,25,26,27). The maximum Gasteiger partial charge on any atom is 0.256 e. The molecule has 1 aliphatic carbocycles. The van der Waals surface area contributed by atoms with Crippen molar-refractivity contribution in [3.05, 3.63) is 74.6 Å². The molecule has 0 radical (unpaired) electrons. The summed E-state index contributed by atoms with van der Waals surface area (Å²) in [6.07, 6.45) is 5.32. The minimum absolute atomic E-state index is 0.156. The van der Waals surface area contributed by atoms with Crippen LogP contribution in [0.1, 0.15) is 24.5 Å². The van der Waals surface area contributed by atoms with Crippen LogP contribution >= 0.6 is 23.2 Å². The van der Waals surface area contributed by atoms with Crippen LogP contribution in [0.15, 0.2) is 47.5 Å². The van der Waals surface area contributed by atoms with Crippen LogP contribution in [0.3, 0.4) is 0 Å². The first-order chi connectivity index (χ1) is 14.0. The molecule has 1 fully saturated rings. The topological polar surface area (TPSA) is 73.6 Å². The van der Waals surface area contributed by atoms with E-state index in [0.29, 0.717) is 21.4 Å².